The maximum Gasteiger partial charge on any atom is 0.490 e. The van der Waals surface area contributed by atoms with Gasteiger partial charge in [-0.2, -0.15) is 13.2 Å². The van der Waals surface area contributed by atoms with E-state index in [1.807, 2.05) is 12.1 Å². The first-order chi connectivity index (χ1) is 15.1. The summed E-state index contributed by atoms with van der Waals surface area (Å²) in [5, 5.41) is 14.9. The summed E-state index contributed by atoms with van der Waals surface area (Å²) in [6.45, 7) is 1.97. The van der Waals surface area contributed by atoms with Crippen LogP contribution >= 0.6 is 0 Å². The number of ether oxygens (including phenoxy) is 1. The largest absolute Gasteiger partial charge is 0.490 e. The molecule has 32 heavy (non-hydrogen) atoms. The number of piperidine rings is 1. The van der Waals surface area contributed by atoms with Crippen LogP contribution in [-0.2, 0) is 14.3 Å². The second-order valence-electron chi connectivity index (χ2n) is 7.53. The van der Waals surface area contributed by atoms with Crippen molar-refractivity contribution in [1.29, 1.82) is 0 Å². The van der Waals surface area contributed by atoms with Gasteiger partial charge in [-0.15, -0.1) is 0 Å². The molecule has 4 rings (SSSR count). The zero-order valence-electron chi connectivity index (χ0n) is 16.8. The number of pyridine rings is 2. The van der Waals surface area contributed by atoms with Gasteiger partial charge in [0.15, 0.2) is 0 Å². The van der Waals surface area contributed by atoms with Crippen LogP contribution in [0, 0.1) is 5.41 Å². The predicted molar refractivity (Wildman–Crippen MR) is 105 cm³/mol. The van der Waals surface area contributed by atoms with Crippen molar-refractivity contribution in [2.75, 3.05) is 19.6 Å². The number of carboxylic acids is 1. The van der Waals surface area contributed by atoms with Crippen LogP contribution in [0.4, 0.5) is 13.2 Å². The lowest BCUT2D eigenvalue weighted by atomic mass is 9.76. The highest BCUT2D eigenvalue weighted by Crippen LogP contribution is 2.41. The fourth-order valence-corrected chi connectivity index (χ4v) is 3.75. The molecule has 1 atom stereocenters. The Morgan fingerprint density at radius 1 is 1.25 bits per heavy atom. The van der Waals surface area contributed by atoms with Gasteiger partial charge in [0, 0.05) is 30.4 Å². The van der Waals surface area contributed by atoms with Gasteiger partial charge in [0.1, 0.15) is 11.8 Å². The number of carbonyl (C=O) groups excluding carboxylic acids is 2. The van der Waals surface area contributed by atoms with Crippen LogP contribution in [0.3, 0.4) is 0 Å². The number of cyclic esters (lactones) is 1. The quantitative estimate of drug-likeness (QED) is 0.598. The van der Waals surface area contributed by atoms with Crippen molar-refractivity contribution >= 4 is 28.6 Å². The van der Waals surface area contributed by atoms with Crippen molar-refractivity contribution in [1.82, 2.24) is 20.6 Å². The number of fused-ring (bicyclic) bond motifs is 1. The smallest absolute Gasteiger partial charge is 0.475 e. The van der Waals surface area contributed by atoms with Crippen LogP contribution in [0.5, 0.6) is 0 Å². The van der Waals surface area contributed by atoms with Crippen LogP contribution in [0.1, 0.15) is 29.8 Å². The van der Waals surface area contributed by atoms with Crippen LogP contribution in [0.25, 0.3) is 10.8 Å². The number of aromatic nitrogens is 2. The molecule has 2 aliphatic heterocycles. The van der Waals surface area contributed by atoms with Crippen molar-refractivity contribution in [3.8, 4) is 0 Å². The number of esters is 1. The molecule has 1 amide bonds. The second-order valence-corrected chi connectivity index (χ2v) is 7.53. The van der Waals surface area contributed by atoms with Gasteiger partial charge in [-0.25, -0.2) is 4.79 Å². The number of carboxylic acid groups (broad SMARTS) is 1. The fourth-order valence-electron chi connectivity index (χ4n) is 3.75. The van der Waals surface area contributed by atoms with E-state index in [0.717, 1.165) is 31.3 Å². The van der Waals surface area contributed by atoms with E-state index in [9.17, 15) is 22.8 Å². The minimum Gasteiger partial charge on any atom is -0.475 e. The molecule has 1 unspecified atom stereocenters. The average molecular weight is 454 g/mol. The minimum absolute atomic E-state index is 0.124. The van der Waals surface area contributed by atoms with E-state index in [0.29, 0.717) is 24.0 Å². The number of hydrogen-bond acceptors (Lipinski definition) is 7. The van der Waals surface area contributed by atoms with Crippen molar-refractivity contribution in [2.24, 2.45) is 5.41 Å². The SMILES string of the molecule is O=C(NCC1CC2(CCNCC2)C(=O)O1)c1nccc2ccncc12.O=C(O)C(F)(F)F. The van der Waals surface area contributed by atoms with Gasteiger partial charge in [0.2, 0.25) is 0 Å². The molecule has 0 bridgehead atoms. The molecular formula is C20H21F3N4O5. The van der Waals surface area contributed by atoms with Crippen LogP contribution < -0.4 is 10.6 Å². The highest BCUT2D eigenvalue weighted by Gasteiger charge is 2.49. The Morgan fingerprint density at radius 2 is 1.91 bits per heavy atom. The van der Waals surface area contributed by atoms with Crippen LogP contribution in [0.15, 0.2) is 30.7 Å². The molecule has 2 saturated heterocycles. The number of halogens is 3. The lowest BCUT2D eigenvalue weighted by molar-refractivity contribution is -0.192. The standard InChI is InChI=1S/C18H20N4O3.C2HF3O2/c23-16(15-14-11-20-5-1-12(14)2-6-21-15)22-10-13-9-18(17(24)25-13)3-7-19-8-4-18;3-2(4,5)1(6)7/h1-2,5-6,11,13,19H,3-4,7-10H2,(H,22,23);(H,6,7). The third-order valence-electron chi connectivity index (χ3n) is 5.40. The third kappa shape index (κ3) is 5.31. The summed E-state index contributed by atoms with van der Waals surface area (Å²) in [4.78, 5) is 41.9. The summed E-state index contributed by atoms with van der Waals surface area (Å²) in [6.07, 6.45) is 1.83. The number of nitrogens with one attached hydrogen (secondary N) is 2. The highest BCUT2D eigenvalue weighted by molar-refractivity contribution is 6.04. The minimum atomic E-state index is -5.08. The molecule has 0 radical (unpaired) electrons. The summed E-state index contributed by atoms with van der Waals surface area (Å²) in [5.41, 5.74) is -0.0334. The molecular weight excluding hydrogens is 433 g/mol. The zero-order chi connectivity index (χ0) is 23.4. The molecule has 0 aromatic carbocycles. The molecule has 2 aliphatic rings. The van der Waals surface area contributed by atoms with E-state index >= 15 is 0 Å². The summed E-state index contributed by atoms with van der Waals surface area (Å²) in [6, 6.07) is 3.68. The summed E-state index contributed by atoms with van der Waals surface area (Å²) < 4.78 is 37.3. The van der Waals surface area contributed by atoms with Crippen LogP contribution in [0.2, 0.25) is 0 Å². The Labute approximate surface area is 180 Å². The number of hydrogen-bond donors (Lipinski definition) is 3. The van der Waals surface area contributed by atoms with E-state index in [1.165, 1.54) is 0 Å². The first-order valence-electron chi connectivity index (χ1n) is 9.81. The van der Waals surface area contributed by atoms with Gasteiger partial charge in [-0.1, -0.05) is 0 Å². The molecule has 4 heterocycles. The van der Waals surface area contributed by atoms with Crippen LogP contribution in [-0.4, -0.2) is 64.8 Å². The van der Waals surface area contributed by atoms with Gasteiger partial charge in [-0.3, -0.25) is 19.6 Å². The topological polar surface area (TPSA) is 131 Å². The summed E-state index contributed by atoms with van der Waals surface area (Å²) in [7, 11) is 0. The predicted octanol–water partition coefficient (Wildman–Crippen LogP) is 1.68. The lowest BCUT2D eigenvalue weighted by Gasteiger charge is -2.29. The fraction of sp³-hybridized carbons (Fsp3) is 0.450. The number of carbonyl (C=O) groups is 3. The van der Waals surface area contributed by atoms with Gasteiger partial charge in [-0.05, 0) is 43.5 Å². The van der Waals surface area contributed by atoms with Gasteiger partial charge in [0.25, 0.3) is 5.91 Å². The van der Waals surface area contributed by atoms with E-state index < -0.39 is 12.1 Å². The first-order valence-corrected chi connectivity index (χ1v) is 9.81. The Hall–Kier alpha value is -3.28. The van der Waals surface area contributed by atoms with Crippen molar-refractivity contribution in [3.63, 3.8) is 0 Å². The molecule has 9 nitrogen and oxygen atoms in total. The number of rotatable bonds is 3. The number of nitrogens with zero attached hydrogens (tertiary/aromatic N) is 2. The molecule has 2 fully saturated rings. The zero-order valence-corrected chi connectivity index (χ0v) is 16.8. The maximum atomic E-state index is 12.5. The number of amides is 1. The Kier molecular flexibility index (Phi) is 6.92. The van der Waals surface area contributed by atoms with Gasteiger partial charge >= 0.3 is 18.1 Å². The van der Waals surface area contributed by atoms with Crippen molar-refractivity contribution < 1.29 is 37.4 Å². The molecule has 12 heteroatoms. The summed E-state index contributed by atoms with van der Waals surface area (Å²) >= 11 is 0. The number of aliphatic carboxylic acids is 1. The first kappa shape index (κ1) is 23.4. The maximum absolute atomic E-state index is 12.5. The Morgan fingerprint density at radius 3 is 2.56 bits per heavy atom. The van der Waals surface area contributed by atoms with Crippen molar-refractivity contribution in [3.05, 3.63) is 36.4 Å². The highest BCUT2D eigenvalue weighted by atomic mass is 19.4. The summed E-state index contributed by atoms with van der Waals surface area (Å²) in [5.74, 6) is -3.16. The lowest BCUT2D eigenvalue weighted by Crippen LogP contribution is -2.39. The molecule has 2 aromatic rings. The molecule has 0 aliphatic carbocycles. The average Bonchev–Trinajstić information content (AvgIpc) is 3.06. The third-order valence-corrected chi connectivity index (χ3v) is 5.40. The number of alkyl halides is 3. The molecule has 2 aromatic heterocycles. The van der Waals surface area contributed by atoms with Gasteiger partial charge in [0.05, 0.1) is 12.0 Å². The van der Waals surface area contributed by atoms with Gasteiger partial charge < -0.3 is 20.5 Å². The van der Waals surface area contributed by atoms with E-state index in [1.54, 1.807) is 18.6 Å². The van der Waals surface area contributed by atoms with E-state index in [-0.39, 0.29) is 23.4 Å². The Balaban J connectivity index is 0.000000360. The molecule has 0 saturated carbocycles. The van der Waals surface area contributed by atoms with E-state index in [2.05, 4.69) is 20.6 Å². The Bertz CT molecular complexity index is 1000. The molecule has 172 valence electrons. The second kappa shape index (κ2) is 9.47. The monoisotopic (exact) mass is 454 g/mol. The molecule has 3 N–H and O–H groups in total. The van der Waals surface area contributed by atoms with Crippen molar-refractivity contribution in [2.45, 2.75) is 31.5 Å². The molecule has 1 spiro atoms. The normalized spacial score (nSPS) is 19.7. The van der Waals surface area contributed by atoms with E-state index in [4.69, 9.17) is 14.6 Å².